The second-order valence-electron chi connectivity index (χ2n) is 4.16. The van der Waals surface area contributed by atoms with Crippen LogP contribution in [0, 0.1) is 0 Å². The third-order valence-corrected chi connectivity index (χ3v) is 3.82. The van der Waals surface area contributed by atoms with E-state index in [1.54, 1.807) is 0 Å². The fourth-order valence-electron chi connectivity index (χ4n) is 2.17. The van der Waals surface area contributed by atoms with E-state index < -0.39 is 0 Å². The minimum atomic E-state index is 0.170. The van der Waals surface area contributed by atoms with Crippen molar-refractivity contribution >= 4 is 32.5 Å². The second-order valence-corrected chi connectivity index (χ2v) is 4.96. The summed E-state index contributed by atoms with van der Waals surface area (Å²) in [5.41, 5.74) is 0.702. The van der Waals surface area contributed by atoms with Gasteiger partial charge in [-0.15, -0.1) is 0 Å². The van der Waals surface area contributed by atoms with E-state index in [1.807, 2.05) is 30.3 Å². The van der Waals surface area contributed by atoms with Crippen LogP contribution in [0.2, 0.25) is 0 Å². The Morgan fingerprint density at radius 1 is 1.24 bits per heavy atom. The minimum Gasteiger partial charge on any atom is -0.492 e. The molecule has 0 spiro atoms. The number of halogens is 1. The van der Waals surface area contributed by atoms with Gasteiger partial charge in [0, 0.05) is 6.42 Å². The number of hydrogen-bond donors (Lipinski definition) is 0. The molecule has 0 aromatic heterocycles. The van der Waals surface area contributed by atoms with Crippen molar-refractivity contribution in [1.29, 1.82) is 0 Å². The molecule has 3 heteroatoms. The number of carbonyl (C=O) groups is 1. The Morgan fingerprint density at radius 3 is 2.94 bits per heavy atom. The predicted octanol–water partition coefficient (Wildman–Crippen LogP) is 3.96. The van der Waals surface area contributed by atoms with Gasteiger partial charge in [-0.3, -0.25) is 4.79 Å². The molecule has 0 unspecified atom stereocenters. The van der Waals surface area contributed by atoms with Crippen LogP contribution in [-0.2, 0) is 0 Å². The van der Waals surface area contributed by atoms with Crippen molar-refractivity contribution in [1.82, 2.24) is 0 Å². The molecule has 0 saturated carbocycles. The maximum absolute atomic E-state index is 12.0. The highest BCUT2D eigenvalue weighted by Gasteiger charge is 2.20. The van der Waals surface area contributed by atoms with Gasteiger partial charge in [-0.1, -0.05) is 24.3 Å². The number of carbonyl (C=O) groups excluding carboxylic acids is 1. The van der Waals surface area contributed by atoms with E-state index in [1.165, 1.54) is 0 Å². The van der Waals surface area contributed by atoms with Crippen LogP contribution in [0.1, 0.15) is 23.2 Å². The molecule has 3 rings (SSSR count). The highest BCUT2D eigenvalue weighted by atomic mass is 79.9. The quantitative estimate of drug-likeness (QED) is 0.734. The molecule has 2 aromatic rings. The van der Waals surface area contributed by atoms with Crippen molar-refractivity contribution in [2.45, 2.75) is 12.8 Å². The number of benzene rings is 2. The van der Waals surface area contributed by atoms with Crippen LogP contribution < -0.4 is 4.74 Å². The Balaban J connectivity index is 2.35. The first kappa shape index (κ1) is 10.8. The number of fused-ring (bicyclic) bond motifs is 2. The maximum Gasteiger partial charge on any atom is 0.166 e. The van der Waals surface area contributed by atoms with Crippen molar-refractivity contribution < 1.29 is 9.53 Å². The molecular weight excluding hydrogens is 280 g/mol. The number of ether oxygens (including phenoxy) is 1. The molecule has 1 aliphatic rings. The molecule has 0 N–H and O–H groups in total. The number of ketones is 1. The Morgan fingerprint density at radius 2 is 2.06 bits per heavy atom. The standard InChI is InChI=1S/C14H11BrO2/c15-13-10-5-2-1-4-9(10)8-11-12(16)6-3-7-17-14(11)13/h1-2,4-5,8H,3,6-7H2. The van der Waals surface area contributed by atoms with Gasteiger partial charge < -0.3 is 4.74 Å². The molecule has 0 radical (unpaired) electrons. The molecule has 0 fully saturated rings. The van der Waals surface area contributed by atoms with E-state index in [0.717, 1.165) is 21.7 Å². The van der Waals surface area contributed by atoms with Crippen LogP contribution in [0.15, 0.2) is 34.8 Å². The predicted molar refractivity (Wildman–Crippen MR) is 70.7 cm³/mol. The smallest absolute Gasteiger partial charge is 0.166 e. The summed E-state index contributed by atoms with van der Waals surface area (Å²) < 4.78 is 6.58. The van der Waals surface area contributed by atoms with Gasteiger partial charge in [0.1, 0.15) is 5.75 Å². The van der Waals surface area contributed by atoms with Gasteiger partial charge in [0.25, 0.3) is 0 Å². The Kier molecular flexibility index (Phi) is 2.63. The van der Waals surface area contributed by atoms with Crippen LogP contribution in [0.4, 0.5) is 0 Å². The van der Waals surface area contributed by atoms with Crippen molar-refractivity contribution in [3.8, 4) is 5.75 Å². The summed E-state index contributed by atoms with van der Waals surface area (Å²) in [6.07, 6.45) is 1.36. The Hall–Kier alpha value is -1.35. The van der Waals surface area contributed by atoms with Gasteiger partial charge in [0.15, 0.2) is 5.78 Å². The van der Waals surface area contributed by atoms with E-state index in [2.05, 4.69) is 15.9 Å². The average Bonchev–Trinajstić information content (AvgIpc) is 2.53. The second kappa shape index (κ2) is 4.15. The normalized spacial score (nSPS) is 15.2. The molecule has 0 bridgehead atoms. The summed E-state index contributed by atoms with van der Waals surface area (Å²) in [7, 11) is 0. The fraction of sp³-hybridized carbons (Fsp3) is 0.214. The SMILES string of the molecule is O=C1CCCOc2c1cc1ccccc1c2Br. The zero-order valence-electron chi connectivity index (χ0n) is 9.20. The van der Waals surface area contributed by atoms with Gasteiger partial charge in [-0.2, -0.15) is 0 Å². The van der Waals surface area contributed by atoms with Gasteiger partial charge in [0.2, 0.25) is 0 Å². The first-order valence-corrected chi connectivity index (χ1v) is 6.44. The third kappa shape index (κ3) is 1.75. The number of rotatable bonds is 0. The first-order chi connectivity index (χ1) is 8.27. The van der Waals surface area contributed by atoms with Crippen LogP contribution in [0.5, 0.6) is 5.75 Å². The summed E-state index contributed by atoms with van der Waals surface area (Å²) in [5.74, 6) is 0.871. The van der Waals surface area contributed by atoms with Gasteiger partial charge in [-0.05, 0) is 39.2 Å². The van der Waals surface area contributed by atoms with E-state index in [9.17, 15) is 4.79 Å². The summed E-state index contributed by atoms with van der Waals surface area (Å²) >= 11 is 3.55. The lowest BCUT2D eigenvalue weighted by molar-refractivity contribution is 0.0983. The van der Waals surface area contributed by atoms with Crippen LogP contribution in [0.3, 0.4) is 0 Å². The zero-order chi connectivity index (χ0) is 11.8. The molecule has 1 aliphatic heterocycles. The van der Waals surface area contributed by atoms with Gasteiger partial charge >= 0.3 is 0 Å². The monoisotopic (exact) mass is 290 g/mol. The lowest BCUT2D eigenvalue weighted by atomic mass is 10.0. The maximum atomic E-state index is 12.0. The zero-order valence-corrected chi connectivity index (χ0v) is 10.8. The molecule has 86 valence electrons. The molecule has 0 amide bonds. The van der Waals surface area contributed by atoms with E-state index in [4.69, 9.17) is 4.74 Å². The van der Waals surface area contributed by atoms with E-state index in [-0.39, 0.29) is 5.78 Å². The topological polar surface area (TPSA) is 26.3 Å². The summed E-state index contributed by atoms with van der Waals surface area (Å²) in [5, 5.41) is 2.15. The summed E-state index contributed by atoms with van der Waals surface area (Å²) in [6, 6.07) is 9.93. The lowest BCUT2D eigenvalue weighted by Gasteiger charge is -2.11. The highest BCUT2D eigenvalue weighted by Crippen LogP contribution is 2.38. The van der Waals surface area contributed by atoms with Crippen molar-refractivity contribution in [3.05, 3.63) is 40.4 Å². The molecule has 0 aliphatic carbocycles. The highest BCUT2D eigenvalue weighted by molar-refractivity contribution is 9.10. The van der Waals surface area contributed by atoms with Gasteiger partial charge in [0.05, 0.1) is 16.6 Å². The first-order valence-electron chi connectivity index (χ1n) is 5.64. The van der Waals surface area contributed by atoms with Crippen molar-refractivity contribution in [3.63, 3.8) is 0 Å². The van der Waals surface area contributed by atoms with Crippen molar-refractivity contribution in [2.75, 3.05) is 6.61 Å². The van der Waals surface area contributed by atoms with E-state index in [0.29, 0.717) is 24.3 Å². The largest absolute Gasteiger partial charge is 0.492 e. The third-order valence-electron chi connectivity index (χ3n) is 3.04. The number of hydrogen-bond acceptors (Lipinski definition) is 2. The van der Waals surface area contributed by atoms with E-state index >= 15 is 0 Å². The molecular formula is C14H11BrO2. The molecule has 2 aromatic carbocycles. The van der Waals surface area contributed by atoms with Gasteiger partial charge in [-0.25, -0.2) is 0 Å². The molecule has 2 nitrogen and oxygen atoms in total. The van der Waals surface area contributed by atoms with Crippen LogP contribution in [0.25, 0.3) is 10.8 Å². The summed E-state index contributed by atoms with van der Waals surface area (Å²) in [6.45, 7) is 0.607. The summed E-state index contributed by atoms with van der Waals surface area (Å²) in [4.78, 5) is 12.0. The number of Topliss-reactive ketones (excluding diaryl/α,β-unsaturated/α-hetero) is 1. The Bertz CT molecular complexity index is 604. The molecule has 17 heavy (non-hydrogen) atoms. The minimum absolute atomic E-state index is 0.170. The lowest BCUT2D eigenvalue weighted by Crippen LogP contribution is -1.98. The van der Waals surface area contributed by atoms with Crippen LogP contribution in [-0.4, -0.2) is 12.4 Å². The molecule has 1 heterocycles. The average molecular weight is 291 g/mol. The van der Waals surface area contributed by atoms with Crippen molar-refractivity contribution in [2.24, 2.45) is 0 Å². The van der Waals surface area contributed by atoms with Crippen LogP contribution >= 0.6 is 15.9 Å². The Labute approximate surface area is 108 Å². The molecule has 0 saturated heterocycles. The molecule has 0 atom stereocenters. The fourth-order valence-corrected chi connectivity index (χ4v) is 2.86.